The molecule has 2 nitrogen and oxygen atoms in total. The molecule has 11 heavy (non-hydrogen) atoms. The molecule has 0 rings (SSSR count). The van der Waals surface area contributed by atoms with Crippen LogP contribution < -0.4 is 0 Å². The van der Waals surface area contributed by atoms with Crippen molar-refractivity contribution in [1.82, 2.24) is 0 Å². The minimum atomic E-state index is -0.405. The summed E-state index contributed by atoms with van der Waals surface area (Å²) < 4.78 is 5.05. The highest BCUT2D eigenvalue weighted by atomic mass is 16.6. The Bertz CT molecular complexity index is 150. The molecule has 0 saturated heterocycles. The van der Waals surface area contributed by atoms with Crippen LogP contribution in [0.25, 0.3) is 0 Å². The second kappa shape index (κ2) is 3.56. The van der Waals surface area contributed by atoms with Crippen molar-refractivity contribution in [1.29, 1.82) is 0 Å². The predicted molar refractivity (Wildman–Crippen MR) is 45.3 cm³/mol. The van der Waals surface area contributed by atoms with Crippen LogP contribution in [0.4, 0.5) is 0 Å². The van der Waals surface area contributed by atoms with E-state index in [0.717, 1.165) is 5.57 Å². The molecule has 0 fully saturated rings. The van der Waals surface area contributed by atoms with E-state index in [9.17, 15) is 4.79 Å². The summed E-state index contributed by atoms with van der Waals surface area (Å²) in [6.07, 6.45) is 0.715. The fourth-order valence-corrected chi connectivity index (χ4v) is 1.15. The van der Waals surface area contributed by atoms with Gasteiger partial charge in [-0.2, -0.15) is 0 Å². The van der Waals surface area contributed by atoms with Crippen LogP contribution in [0, 0.1) is 0 Å². The van der Waals surface area contributed by atoms with E-state index < -0.39 is 5.60 Å². The van der Waals surface area contributed by atoms with E-state index in [2.05, 4.69) is 6.58 Å². The molecular weight excluding hydrogens is 140 g/mol. The number of ether oxygens (including phenoxy) is 1. The lowest BCUT2D eigenvalue weighted by atomic mass is 10.0. The molecule has 0 heterocycles. The molecule has 0 aliphatic carbocycles. The Labute approximate surface area is 68.2 Å². The van der Waals surface area contributed by atoms with Gasteiger partial charge in [0.15, 0.2) is 0 Å². The van der Waals surface area contributed by atoms with Crippen LogP contribution in [-0.2, 0) is 9.53 Å². The van der Waals surface area contributed by atoms with E-state index in [0.29, 0.717) is 6.42 Å². The highest BCUT2D eigenvalue weighted by Gasteiger charge is 2.20. The van der Waals surface area contributed by atoms with Gasteiger partial charge in [-0.05, 0) is 20.8 Å². The smallest absolute Gasteiger partial charge is 0.303 e. The van der Waals surface area contributed by atoms with E-state index in [4.69, 9.17) is 4.74 Å². The van der Waals surface area contributed by atoms with Crippen molar-refractivity contribution >= 4 is 5.97 Å². The summed E-state index contributed by atoms with van der Waals surface area (Å²) in [5.41, 5.74) is 0.619. The standard InChI is InChI=1S/C9H16O2/c1-7(2)6-9(4,5)11-8(3)10/h1,6H2,2-5H3. The Hall–Kier alpha value is -0.790. The molecule has 0 aromatic heterocycles. The molecule has 64 valence electrons. The van der Waals surface area contributed by atoms with Gasteiger partial charge in [-0.1, -0.05) is 12.2 Å². The normalized spacial score (nSPS) is 10.9. The molecule has 0 aromatic carbocycles. The molecular formula is C9H16O2. The van der Waals surface area contributed by atoms with Crippen LogP contribution in [-0.4, -0.2) is 11.6 Å². The number of rotatable bonds is 3. The molecule has 2 heteroatoms. The van der Waals surface area contributed by atoms with Crippen LogP contribution in [0.3, 0.4) is 0 Å². The summed E-state index contributed by atoms with van der Waals surface area (Å²) in [7, 11) is 0. The lowest BCUT2D eigenvalue weighted by Crippen LogP contribution is -2.26. The third-order valence-corrected chi connectivity index (χ3v) is 1.15. The first-order valence-corrected chi connectivity index (χ1v) is 3.67. The largest absolute Gasteiger partial charge is 0.460 e. The van der Waals surface area contributed by atoms with Gasteiger partial charge in [0.1, 0.15) is 5.60 Å². The van der Waals surface area contributed by atoms with Crippen molar-refractivity contribution in [2.75, 3.05) is 0 Å². The van der Waals surface area contributed by atoms with Crippen molar-refractivity contribution in [2.45, 2.75) is 39.7 Å². The first kappa shape index (κ1) is 10.2. The van der Waals surface area contributed by atoms with Gasteiger partial charge in [0, 0.05) is 13.3 Å². The Kier molecular flexibility index (Phi) is 3.30. The van der Waals surface area contributed by atoms with Gasteiger partial charge in [-0.15, -0.1) is 0 Å². The minimum absolute atomic E-state index is 0.240. The zero-order chi connectivity index (χ0) is 9.07. The van der Waals surface area contributed by atoms with Gasteiger partial charge in [-0.3, -0.25) is 4.79 Å². The van der Waals surface area contributed by atoms with E-state index in [1.54, 1.807) is 0 Å². The maximum Gasteiger partial charge on any atom is 0.303 e. The fourth-order valence-electron chi connectivity index (χ4n) is 1.15. The first-order valence-electron chi connectivity index (χ1n) is 3.67. The van der Waals surface area contributed by atoms with Crippen LogP contribution in [0.1, 0.15) is 34.1 Å². The Balaban J connectivity index is 3.99. The molecule has 0 N–H and O–H groups in total. The molecule has 0 spiro atoms. The number of carbonyl (C=O) groups is 1. The van der Waals surface area contributed by atoms with Gasteiger partial charge in [-0.25, -0.2) is 0 Å². The van der Waals surface area contributed by atoms with E-state index in [-0.39, 0.29) is 5.97 Å². The van der Waals surface area contributed by atoms with Crippen molar-refractivity contribution in [2.24, 2.45) is 0 Å². The Morgan fingerprint density at radius 1 is 1.45 bits per heavy atom. The number of carbonyl (C=O) groups excluding carboxylic acids is 1. The van der Waals surface area contributed by atoms with E-state index in [1.165, 1.54) is 6.92 Å². The highest BCUT2D eigenvalue weighted by molar-refractivity contribution is 5.66. The van der Waals surface area contributed by atoms with E-state index in [1.807, 2.05) is 20.8 Å². The minimum Gasteiger partial charge on any atom is -0.460 e. The molecule has 0 aromatic rings. The Morgan fingerprint density at radius 3 is 2.18 bits per heavy atom. The molecule has 0 aliphatic rings. The predicted octanol–water partition coefficient (Wildman–Crippen LogP) is 2.29. The van der Waals surface area contributed by atoms with Crippen molar-refractivity contribution < 1.29 is 9.53 Å². The summed E-state index contributed by atoms with van der Waals surface area (Å²) in [6, 6.07) is 0. The summed E-state index contributed by atoms with van der Waals surface area (Å²) in [6.45, 7) is 10.9. The van der Waals surface area contributed by atoms with E-state index >= 15 is 0 Å². The lowest BCUT2D eigenvalue weighted by molar-refractivity contribution is -0.153. The SMILES string of the molecule is C=C(C)CC(C)(C)OC(C)=O. The van der Waals surface area contributed by atoms with Crippen LogP contribution in [0.2, 0.25) is 0 Å². The Morgan fingerprint density at radius 2 is 1.91 bits per heavy atom. The lowest BCUT2D eigenvalue weighted by Gasteiger charge is -2.24. The number of hydrogen-bond acceptors (Lipinski definition) is 2. The van der Waals surface area contributed by atoms with Gasteiger partial charge < -0.3 is 4.74 Å². The highest BCUT2D eigenvalue weighted by Crippen LogP contribution is 2.18. The second-order valence-corrected chi connectivity index (χ2v) is 3.49. The summed E-state index contributed by atoms with van der Waals surface area (Å²) in [5.74, 6) is -0.240. The average Bonchev–Trinajstić information content (AvgIpc) is 1.53. The molecule has 0 aliphatic heterocycles. The van der Waals surface area contributed by atoms with Crippen LogP contribution in [0.5, 0.6) is 0 Å². The van der Waals surface area contributed by atoms with Crippen LogP contribution >= 0.6 is 0 Å². The molecule has 0 amide bonds. The van der Waals surface area contributed by atoms with Gasteiger partial charge in [0.05, 0.1) is 0 Å². The summed E-state index contributed by atoms with van der Waals surface area (Å²) >= 11 is 0. The van der Waals surface area contributed by atoms with Gasteiger partial charge in [0.25, 0.3) is 0 Å². The third-order valence-electron chi connectivity index (χ3n) is 1.15. The topological polar surface area (TPSA) is 26.3 Å². The van der Waals surface area contributed by atoms with Gasteiger partial charge in [0.2, 0.25) is 0 Å². The second-order valence-electron chi connectivity index (χ2n) is 3.49. The molecule has 0 bridgehead atoms. The quantitative estimate of drug-likeness (QED) is 0.463. The van der Waals surface area contributed by atoms with Crippen molar-refractivity contribution in [3.05, 3.63) is 12.2 Å². The zero-order valence-electron chi connectivity index (χ0n) is 7.73. The summed E-state index contributed by atoms with van der Waals surface area (Å²) in [5, 5.41) is 0. The summed E-state index contributed by atoms with van der Waals surface area (Å²) in [4.78, 5) is 10.6. The molecule has 0 atom stereocenters. The average molecular weight is 156 g/mol. The van der Waals surface area contributed by atoms with Crippen LogP contribution in [0.15, 0.2) is 12.2 Å². The van der Waals surface area contributed by atoms with Gasteiger partial charge >= 0.3 is 5.97 Å². The van der Waals surface area contributed by atoms with Crippen molar-refractivity contribution in [3.8, 4) is 0 Å². The van der Waals surface area contributed by atoms with Crippen molar-refractivity contribution in [3.63, 3.8) is 0 Å². The molecule has 0 saturated carbocycles. The monoisotopic (exact) mass is 156 g/mol. The zero-order valence-corrected chi connectivity index (χ0v) is 7.73. The number of hydrogen-bond donors (Lipinski definition) is 0. The maximum atomic E-state index is 10.6. The number of esters is 1. The third kappa shape index (κ3) is 5.64. The fraction of sp³-hybridized carbons (Fsp3) is 0.667. The first-order chi connectivity index (χ1) is 4.83. The maximum absolute atomic E-state index is 10.6. The molecule has 0 radical (unpaired) electrons. The molecule has 0 unspecified atom stereocenters.